The maximum Gasteiger partial charge on any atom is 0.265 e. The number of ether oxygens (including phenoxy) is 3. The molecule has 13 nitrogen and oxygen atoms in total. The van der Waals surface area contributed by atoms with Gasteiger partial charge in [-0.15, -0.1) is 0 Å². The molecule has 1 saturated carbocycles. The van der Waals surface area contributed by atoms with Crippen molar-refractivity contribution < 1.29 is 46.6 Å². The summed E-state index contributed by atoms with van der Waals surface area (Å²) in [5.41, 5.74) is -1.00. The number of rotatable bonds is 14. The molecule has 2 aromatic rings. The first kappa shape index (κ1) is 39.0. The standard InChI is InChI=1S/C36H53N3O10SSi/c1-11-13-15-46-30-23(38-50(43)44)19-24(45-8)21-17-20-18-22-28(39(6)7)31-27(34(37-48-31)47-16-14-12-2)33(42)36(22,49-51(9,10)35(3,4)5)32(41)25(20)29(40)26(21)30/h19-20,22,28,38,40H,11-18H2,1-10H3,(H,43,44)/t20-,22-,28-,36-/m0/s1. The number of anilines is 1. The highest BCUT2D eigenvalue weighted by Gasteiger charge is 2.69. The number of aliphatic hydroxyl groups excluding tert-OH is 1. The number of hydrogen-bond donors (Lipinski definition) is 3. The van der Waals surface area contributed by atoms with Crippen LogP contribution < -0.4 is 18.9 Å². The van der Waals surface area contributed by atoms with Crippen LogP contribution in [0.4, 0.5) is 5.69 Å². The van der Waals surface area contributed by atoms with E-state index in [1.807, 2.05) is 66.7 Å². The van der Waals surface area contributed by atoms with Crippen LogP contribution in [0.15, 0.2) is 16.2 Å². The second-order valence-corrected chi connectivity index (χ2v) is 20.9. The zero-order valence-corrected chi connectivity index (χ0v) is 33.2. The quantitative estimate of drug-likeness (QED) is 0.0794. The van der Waals surface area contributed by atoms with Crippen LogP contribution in [-0.2, 0) is 26.9 Å². The van der Waals surface area contributed by atoms with Gasteiger partial charge in [0.1, 0.15) is 17.1 Å². The molecule has 0 saturated heterocycles. The normalized spacial score (nSPS) is 23.7. The van der Waals surface area contributed by atoms with Gasteiger partial charge < -0.3 is 28.3 Å². The van der Waals surface area contributed by atoms with Crippen molar-refractivity contribution in [2.24, 2.45) is 11.8 Å². The van der Waals surface area contributed by atoms with Crippen molar-refractivity contribution in [2.45, 2.75) is 103 Å². The zero-order chi connectivity index (χ0) is 37.6. The van der Waals surface area contributed by atoms with Crippen LogP contribution in [0.3, 0.4) is 0 Å². The Morgan fingerprint density at radius 1 is 1.10 bits per heavy atom. The molecule has 1 fully saturated rings. The maximum absolute atomic E-state index is 15.6. The number of hydrogen-bond acceptors (Lipinski definition) is 11. The van der Waals surface area contributed by atoms with Crippen molar-refractivity contribution in [3.8, 4) is 17.4 Å². The third kappa shape index (κ3) is 6.64. The molecule has 0 bridgehead atoms. The lowest BCUT2D eigenvalue weighted by molar-refractivity contribution is -0.140. The van der Waals surface area contributed by atoms with Crippen LogP contribution in [0.2, 0.25) is 18.1 Å². The molecular weight excluding hydrogens is 695 g/mol. The van der Waals surface area contributed by atoms with E-state index in [4.69, 9.17) is 23.2 Å². The van der Waals surface area contributed by atoms with E-state index in [-0.39, 0.29) is 59.2 Å². The Morgan fingerprint density at radius 3 is 2.31 bits per heavy atom. The molecule has 0 aliphatic heterocycles. The van der Waals surface area contributed by atoms with E-state index in [0.717, 1.165) is 19.3 Å². The monoisotopic (exact) mass is 747 g/mol. The first-order chi connectivity index (χ1) is 24.0. The summed E-state index contributed by atoms with van der Waals surface area (Å²) in [6.07, 6.45) is 3.65. The summed E-state index contributed by atoms with van der Waals surface area (Å²) >= 11 is -2.48. The molecule has 3 aliphatic rings. The van der Waals surface area contributed by atoms with E-state index in [9.17, 15) is 13.9 Å². The summed E-state index contributed by atoms with van der Waals surface area (Å²) < 4.78 is 55.3. The van der Waals surface area contributed by atoms with Gasteiger partial charge in [-0.2, -0.15) is 0 Å². The number of aromatic nitrogens is 1. The van der Waals surface area contributed by atoms with Crippen molar-refractivity contribution in [1.29, 1.82) is 0 Å². The fraction of sp³-hybridized carbons (Fsp3) is 0.639. The second-order valence-electron chi connectivity index (χ2n) is 15.5. The van der Waals surface area contributed by atoms with Crippen LogP contribution in [-0.4, -0.2) is 83.8 Å². The molecule has 1 unspecified atom stereocenters. The van der Waals surface area contributed by atoms with Crippen molar-refractivity contribution >= 4 is 42.6 Å². The summed E-state index contributed by atoms with van der Waals surface area (Å²) in [6, 6.07) is 0.976. The molecule has 1 heterocycles. The second kappa shape index (κ2) is 14.6. The first-order valence-electron chi connectivity index (χ1n) is 17.7. The van der Waals surface area contributed by atoms with E-state index in [1.54, 1.807) is 6.07 Å². The van der Waals surface area contributed by atoms with Crippen LogP contribution in [0.25, 0.3) is 5.76 Å². The van der Waals surface area contributed by atoms with E-state index >= 15 is 9.59 Å². The number of ketones is 2. The average Bonchev–Trinajstić information content (AvgIpc) is 3.45. The molecule has 0 radical (unpaired) electrons. The van der Waals surface area contributed by atoms with Gasteiger partial charge in [-0.05, 0) is 69.0 Å². The topological polar surface area (TPSA) is 170 Å². The van der Waals surface area contributed by atoms with Gasteiger partial charge >= 0.3 is 0 Å². The van der Waals surface area contributed by atoms with E-state index < -0.39 is 59.7 Å². The third-order valence-corrected chi connectivity index (χ3v) is 15.8. The minimum absolute atomic E-state index is 0.0261. The van der Waals surface area contributed by atoms with Crippen molar-refractivity contribution in [3.05, 3.63) is 34.1 Å². The minimum Gasteiger partial charge on any atom is -0.507 e. The Bertz CT molecular complexity index is 1730. The summed E-state index contributed by atoms with van der Waals surface area (Å²) in [6.45, 7) is 14.7. The first-order valence-corrected chi connectivity index (χ1v) is 21.7. The minimum atomic E-state index is -2.90. The largest absolute Gasteiger partial charge is 0.507 e. The molecule has 1 aromatic carbocycles. The smallest absolute Gasteiger partial charge is 0.265 e. The molecule has 5 rings (SSSR count). The predicted molar refractivity (Wildman–Crippen MR) is 196 cm³/mol. The Balaban J connectivity index is 1.81. The Labute approximate surface area is 303 Å². The number of methoxy groups -OCH3 is 1. The number of nitrogens with zero attached hydrogens (tertiary/aromatic N) is 2. The average molecular weight is 748 g/mol. The van der Waals surface area contributed by atoms with Crippen molar-refractivity contribution in [2.75, 3.05) is 39.1 Å². The summed E-state index contributed by atoms with van der Waals surface area (Å²) in [5, 5.41) is 16.2. The number of benzene rings is 1. The predicted octanol–water partition coefficient (Wildman–Crippen LogP) is 6.88. The fourth-order valence-electron chi connectivity index (χ4n) is 7.38. The fourth-order valence-corrected chi connectivity index (χ4v) is 9.17. The van der Waals surface area contributed by atoms with E-state index in [1.165, 1.54) is 7.11 Å². The Hall–Kier alpha value is -3.24. The van der Waals surface area contributed by atoms with Crippen LogP contribution >= 0.6 is 0 Å². The number of carbonyl (C=O) groups excluding carboxylic acids is 2. The van der Waals surface area contributed by atoms with Gasteiger partial charge in [0, 0.05) is 23.1 Å². The molecule has 0 amide bonds. The van der Waals surface area contributed by atoms with Gasteiger partial charge in [0.05, 0.1) is 37.6 Å². The summed E-state index contributed by atoms with van der Waals surface area (Å²) in [4.78, 5) is 32.8. The molecule has 0 spiro atoms. The highest BCUT2D eigenvalue weighted by atomic mass is 32.2. The van der Waals surface area contributed by atoms with E-state index in [2.05, 4.69) is 9.88 Å². The summed E-state index contributed by atoms with van der Waals surface area (Å²) in [5.74, 6) is -2.00. The molecule has 282 valence electrons. The SMILES string of the molecule is CCCCOc1noc2c1C(=O)[C@@]1(O[Si](C)(C)C(C)(C)C)C(=O)C3=C(O)c4c(c(OC)cc(NS(=O)O)c4OCCCC)C[C@H]3C[C@H]1[C@@H]2N(C)C. The van der Waals surface area contributed by atoms with Gasteiger partial charge in [0.15, 0.2) is 25.4 Å². The number of nitrogens with one attached hydrogen (secondary N) is 1. The molecule has 1 aromatic heterocycles. The molecule has 15 heteroatoms. The van der Waals surface area contributed by atoms with Crippen LogP contribution in [0.1, 0.15) is 100 Å². The number of unbranched alkanes of at least 4 members (excludes halogenated alkanes) is 2. The number of fused-ring (bicyclic) bond motifs is 4. The number of Topliss-reactive ketones (excluding diaryl/α,β-unsaturated/α-hetero) is 2. The molecule has 5 atom stereocenters. The third-order valence-electron chi connectivity index (χ3n) is 10.9. The summed E-state index contributed by atoms with van der Waals surface area (Å²) in [7, 11) is 2.31. The number of aliphatic hydroxyl groups is 1. The van der Waals surface area contributed by atoms with E-state index in [0.29, 0.717) is 30.1 Å². The Morgan fingerprint density at radius 2 is 1.75 bits per heavy atom. The van der Waals surface area contributed by atoms with Gasteiger partial charge in [-0.25, -0.2) is 4.21 Å². The molecule has 51 heavy (non-hydrogen) atoms. The van der Waals surface area contributed by atoms with Gasteiger partial charge in [-0.1, -0.05) is 47.5 Å². The van der Waals surface area contributed by atoms with Crippen molar-refractivity contribution in [1.82, 2.24) is 10.1 Å². The van der Waals surface area contributed by atoms with Crippen LogP contribution in [0, 0.1) is 11.8 Å². The van der Waals surface area contributed by atoms with Crippen LogP contribution in [0.5, 0.6) is 17.4 Å². The number of carbonyl (C=O) groups is 2. The lowest BCUT2D eigenvalue weighted by Gasteiger charge is -2.55. The molecular formula is C36H53N3O10SSi. The highest BCUT2D eigenvalue weighted by molar-refractivity contribution is 7.80. The Kier molecular flexibility index (Phi) is 11.2. The van der Waals surface area contributed by atoms with Gasteiger partial charge in [0.2, 0.25) is 11.6 Å². The van der Waals surface area contributed by atoms with Crippen molar-refractivity contribution in [3.63, 3.8) is 0 Å². The maximum atomic E-state index is 15.6. The zero-order valence-electron chi connectivity index (χ0n) is 31.4. The van der Waals surface area contributed by atoms with Gasteiger partial charge in [-0.3, -0.25) is 23.8 Å². The lowest BCUT2D eigenvalue weighted by atomic mass is 9.57. The highest BCUT2D eigenvalue weighted by Crippen LogP contribution is 2.60. The van der Waals surface area contributed by atoms with Gasteiger partial charge in [0.25, 0.3) is 17.1 Å². The molecule has 3 aliphatic carbocycles. The molecule has 3 N–H and O–H groups in total. The lowest BCUT2D eigenvalue weighted by Crippen LogP contribution is -2.68.